The van der Waals surface area contributed by atoms with Crippen LogP contribution in [0.25, 0.3) is 10.8 Å². The Kier molecular flexibility index (Phi) is 3.59. The predicted molar refractivity (Wildman–Crippen MR) is 88.7 cm³/mol. The van der Waals surface area contributed by atoms with Gasteiger partial charge in [-0.2, -0.15) is 5.10 Å². The quantitative estimate of drug-likeness (QED) is 0.786. The van der Waals surface area contributed by atoms with Crippen molar-refractivity contribution < 1.29 is 4.74 Å². The topological polar surface area (TPSA) is 53.1 Å². The van der Waals surface area contributed by atoms with E-state index in [9.17, 15) is 0 Å². The van der Waals surface area contributed by atoms with Gasteiger partial charge in [0.2, 0.25) is 0 Å². The first-order chi connectivity index (χ1) is 10.1. The van der Waals surface area contributed by atoms with Crippen LogP contribution in [-0.4, -0.2) is 16.9 Å². The van der Waals surface area contributed by atoms with Crippen molar-refractivity contribution in [2.75, 3.05) is 12.8 Å². The van der Waals surface area contributed by atoms with Crippen molar-refractivity contribution >= 4 is 32.5 Å². The molecule has 3 rings (SSSR count). The average molecular weight is 346 g/mol. The fourth-order valence-corrected chi connectivity index (χ4v) is 2.79. The van der Waals surface area contributed by atoms with Crippen LogP contribution in [0.15, 0.2) is 40.9 Å². The van der Waals surface area contributed by atoms with Crippen molar-refractivity contribution in [1.82, 2.24) is 9.78 Å². The fourth-order valence-electron chi connectivity index (χ4n) is 2.51. The highest BCUT2D eigenvalue weighted by atomic mass is 79.9. The Balaban J connectivity index is 2.11. The first-order valence-corrected chi connectivity index (χ1v) is 7.44. The van der Waals surface area contributed by atoms with E-state index in [2.05, 4.69) is 39.2 Å². The summed E-state index contributed by atoms with van der Waals surface area (Å²) in [4.78, 5) is 0. The van der Waals surface area contributed by atoms with E-state index in [0.717, 1.165) is 32.3 Å². The molecule has 1 aromatic heterocycles. The van der Waals surface area contributed by atoms with Gasteiger partial charge in [-0.05, 0) is 39.9 Å². The molecule has 1 heterocycles. The number of benzene rings is 2. The van der Waals surface area contributed by atoms with Crippen molar-refractivity contribution in [3.8, 4) is 5.75 Å². The van der Waals surface area contributed by atoms with Crippen molar-refractivity contribution in [1.29, 1.82) is 0 Å². The Bertz CT molecular complexity index is 811. The second-order valence-electron chi connectivity index (χ2n) is 4.91. The molecule has 0 spiro atoms. The van der Waals surface area contributed by atoms with Gasteiger partial charge in [-0.1, -0.05) is 30.3 Å². The molecule has 2 aromatic carbocycles. The summed E-state index contributed by atoms with van der Waals surface area (Å²) in [6.45, 7) is 2.56. The van der Waals surface area contributed by atoms with Crippen LogP contribution in [0.1, 0.15) is 11.3 Å². The molecule has 3 aromatic rings. The number of hydrogen-bond donors (Lipinski definition) is 1. The number of nitrogens with two attached hydrogens (primary N) is 1. The van der Waals surface area contributed by atoms with Crippen molar-refractivity contribution in [2.45, 2.75) is 13.5 Å². The van der Waals surface area contributed by atoms with Crippen molar-refractivity contribution in [2.24, 2.45) is 0 Å². The van der Waals surface area contributed by atoms with Crippen molar-refractivity contribution in [3.05, 3.63) is 52.1 Å². The van der Waals surface area contributed by atoms with Gasteiger partial charge in [-0.3, -0.25) is 0 Å². The molecule has 0 aliphatic carbocycles. The summed E-state index contributed by atoms with van der Waals surface area (Å²) in [7, 11) is 1.69. The third-order valence-corrected chi connectivity index (χ3v) is 4.59. The zero-order chi connectivity index (χ0) is 15.0. The van der Waals surface area contributed by atoms with Gasteiger partial charge in [0.1, 0.15) is 11.6 Å². The molecule has 5 heteroatoms. The number of rotatable bonds is 3. The maximum atomic E-state index is 6.08. The lowest BCUT2D eigenvalue weighted by Gasteiger charge is -2.11. The molecule has 0 saturated carbocycles. The normalized spacial score (nSPS) is 11.0. The molecule has 0 aliphatic rings. The molecule has 108 valence electrons. The molecule has 0 fully saturated rings. The molecule has 4 nitrogen and oxygen atoms in total. The van der Waals surface area contributed by atoms with Crippen LogP contribution in [0.3, 0.4) is 0 Å². The summed E-state index contributed by atoms with van der Waals surface area (Å²) < 4.78 is 8.10. The summed E-state index contributed by atoms with van der Waals surface area (Å²) in [5.41, 5.74) is 8.13. The zero-order valence-corrected chi connectivity index (χ0v) is 13.5. The Morgan fingerprint density at radius 1 is 1.19 bits per heavy atom. The standard InChI is InChI=1S/C16H16BrN3O/c1-10-15(17)16(18)20(19-10)9-11-7-8-14(21-2)13-6-4-3-5-12(11)13/h3-8H,9,18H2,1-2H3. The van der Waals surface area contributed by atoms with Gasteiger partial charge in [0, 0.05) is 5.39 Å². The Morgan fingerprint density at radius 2 is 1.90 bits per heavy atom. The highest BCUT2D eigenvalue weighted by Gasteiger charge is 2.12. The molecular weight excluding hydrogens is 330 g/mol. The summed E-state index contributed by atoms with van der Waals surface area (Å²) in [6, 6.07) is 12.2. The number of aryl methyl sites for hydroxylation is 1. The molecule has 0 radical (unpaired) electrons. The smallest absolute Gasteiger partial charge is 0.136 e. The highest BCUT2D eigenvalue weighted by Crippen LogP contribution is 2.30. The molecule has 0 aliphatic heterocycles. The molecular formula is C16H16BrN3O. The van der Waals surface area contributed by atoms with Crippen LogP contribution in [0, 0.1) is 6.92 Å². The second kappa shape index (κ2) is 5.41. The Labute approximate surface area is 131 Å². The third-order valence-electron chi connectivity index (χ3n) is 3.61. The summed E-state index contributed by atoms with van der Waals surface area (Å²) in [6.07, 6.45) is 0. The number of nitrogens with zero attached hydrogens (tertiary/aromatic N) is 2. The number of hydrogen-bond acceptors (Lipinski definition) is 3. The number of halogens is 1. The van der Waals surface area contributed by atoms with E-state index in [1.807, 2.05) is 29.8 Å². The summed E-state index contributed by atoms with van der Waals surface area (Å²) >= 11 is 3.46. The first kappa shape index (κ1) is 13.9. The van der Waals surface area contributed by atoms with Gasteiger partial charge in [0.05, 0.1) is 23.8 Å². The minimum Gasteiger partial charge on any atom is -0.496 e. The first-order valence-electron chi connectivity index (χ1n) is 6.65. The molecule has 0 saturated heterocycles. The lowest BCUT2D eigenvalue weighted by molar-refractivity contribution is 0.419. The average Bonchev–Trinajstić information content (AvgIpc) is 2.75. The molecule has 0 atom stereocenters. The highest BCUT2D eigenvalue weighted by molar-refractivity contribution is 9.10. The zero-order valence-electron chi connectivity index (χ0n) is 11.9. The van der Waals surface area contributed by atoms with E-state index >= 15 is 0 Å². The van der Waals surface area contributed by atoms with Gasteiger partial charge in [-0.15, -0.1) is 0 Å². The van der Waals surface area contributed by atoms with E-state index in [1.165, 1.54) is 0 Å². The Morgan fingerprint density at radius 3 is 2.52 bits per heavy atom. The molecule has 0 unspecified atom stereocenters. The van der Waals surface area contributed by atoms with Crippen LogP contribution in [0.2, 0.25) is 0 Å². The van der Waals surface area contributed by atoms with E-state index < -0.39 is 0 Å². The number of methoxy groups -OCH3 is 1. The second-order valence-corrected chi connectivity index (χ2v) is 5.71. The van der Waals surface area contributed by atoms with E-state index in [4.69, 9.17) is 10.5 Å². The van der Waals surface area contributed by atoms with Crippen LogP contribution < -0.4 is 10.5 Å². The number of nitrogen functional groups attached to an aromatic ring is 1. The van der Waals surface area contributed by atoms with E-state index in [0.29, 0.717) is 12.4 Å². The molecule has 2 N–H and O–H groups in total. The minimum atomic E-state index is 0.628. The summed E-state index contributed by atoms with van der Waals surface area (Å²) in [5.74, 6) is 1.52. The maximum absolute atomic E-state index is 6.08. The van der Waals surface area contributed by atoms with Crippen LogP contribution in [-0.2, 0) is 6.54 Å². The van der Waals surface area contributed by atoms with Gasteiger partial charge in [0.15, 0.2) is 0 Å². The number of ether oxygens (including phenoxy) is 1. The maximum Gasteiger partial charge on any atom is 0.136 e. The fraction of sp³-hybridized carbons (Fsp3) is 0.188. The van der Waals surface area contributed by atoms with Crippen LogP contribution >= 0.6 is 15.9 Å². The van der Waals surface area contributed by atoms with E-state index in [1.54, 1.807) is 7.11 Å². The predicted octanol–water partition coefficient (Wildman–Crippen LogP) is 3.75. The van der Waals surface area contributed by atoms with Gasteiger partial charge >= 0.3 is 0 Å². The number of aromatic nitrogens is 2. The van der Waals surface area contributed by atoms with Gasteiger partial charge in [-0.25, -0.2) is 4.68 Å². The SMILES string of the molecule is COc1ccc(Cn2nc(C)c(Br)c2N)c2ccccc12. The lowest BCUT2D eigenvalue weighted by Crippen LogP contribution is -2.06. The van der Waals surface area contributed by atoms with Crippen LogP contribution in [0.4, 0.5) is 5.82 Å². The van der Waals surface area contributed by atoms with Gasteiger partial charge < -0.3 is 10.5 Å². The number of anilines is 1. The van der Waals surface area contributed by atoms with Crippen molar-refractivity contribution in [3.63, 3.8) is 0 Å². The number of fused-ring (bicyclic) bond motifs is 1. The summed E-state index contributed by atoms with van der Waals surface area (Å²) in [5, 5.41) is 6.72. The third kappa shape index (κ3) is 2.38. The largest absolute Gasteiger partial charge is 0.496 e. The van der Waals surface area contributed by atoms with Gasteiger partial charge in [0.25, 0.3) is 0 Å². The minimum absolute atomic E-state index is 0.628. The lowest BCUT2D eigenvalue weighted by atomic mass is 10.0. The Hall–Kier alpha value is -2.01. The monoisotopic (exact) mass is 345 g/mol. The van der Waals surface area contributed by atoms with Crippen LogP contribution in [0.5, 0.6) is 5.75 Å². The molecule has 0 amide bonds. The molecule has 0 bridgehead atoms. The van der Waals surface area contributed by atoms with E-state index in [-0.39, 0.29) is 0 Å². The molecule has 21 heavy (non-hydrogen) atoms.